The average Bonchev–Trinajstić information content (AvgIpc) is 2.49. The van der Waals surface area contributed by atoms with Crippen molar-refractivity contribution in [2.24, 2.45) is 0 Å². The van der Waals surface area contributed by atoms with E-state index < -0.39 is 5.41 Å². The summed E-state index contributed by atoms with van der Waals surface area (Å²) >= 11 is 18.4. The number of aryl methyl sites for hydroxylation is 1. The van der Waals surface area contributed by atoms with Crippen LogP contribution in [0.3, 0.4) is 0 Å². The van der Waals surface area contributed by atoms with Gasteiger partial charge in [0.25, 0.3) is 0 Å². The molecule has 2 aromatic rings. The number of alkyl halides is 2. The van der Waals surface area contributed by atoms with Crippen LogP contribution in [-0.4, -0.2) is 11.8 Å². The molecule has 0 fully saturated rings. The summed E-state index contributed by atoms with van der Waals surface area (Å²) in [5, 5.41) is 0.508. The van der Waals surface area contributed by atoms with Gasteiger partial charge in [0.15, 0.2) is 0 Å². The highest BCUT2D eigenvalue weighted by atomic mass is 35.5. The second-order valence-electron chi connectivity index (χ2n) is 5.33. The lowest BCUT2D eigenvalue weighted by Crippen LogP contribution is -2.33. The van der Waals surface area contributed by atoms with E-state index in [0.717, 1.165) is 11.1 Å². The smallest absolute Gasteiger partial charge is 0.126 e. The third-order valence-corrected chi connectivity index (χ3v) is 4.97. The van der Waals surface area contributed by atoms with Gasteiger partial charge in [0, 0.05) is 22.2 Å². The van der Waals surface area contributed by atoms with Gasteiger partial charge in [-0.25, -0.2) is 4.39 Å². The maximum atomic E-state index is 14.0. The van der Waals surface area contributed by atoms with Crippen LogP contribution < -0.4 is 0 Å². The molecule has 21 heavy (non-hydrogen) atoms. The maximum absolute atomic E-state index is 14.0. The molecular formula is C17H16Cl3F. The summed E-state index contributed by atoms with van der Waals surface area (Å²) in [6, 6.07) is 12.6. The van der Waals surface area contributed by atoms with Gasteiger partial charge in [0.1, 0.15) is 5.82 Å². The fourth-order valence-electron chi connectivity index (χ4n) is 2.34. The molecule has 0 amide bonds. The van der Waals surface area contributed by atoms with Gasteiger partial charge in [-0.2, -0.15) is 0 Å². The minimum atomic E-state index is -0.512. The molecule has 2 rings (SSSR count). The molecule has 0 saturated carbocycles. The van der Waals surface area contributed by atoms with E-state index in [4.69, 9.17) is 34.8 Å². The average molecular weight is 346 g/mol. The van der Waals surface area contributed by atoms with Crippen molar-refractivity contribution in [1.82, 2.24) is 0 Å². The van der Waals surface area contributed by atoms with Crippen molar-refractivity contribution >= 4 is 34.8 Å². The lowest BCUT2D eigenvalue weighted by molar-refractivity contribution is 0.512. The van der Waals surface area contributed by atoms with E-state index >= 15 is 0 Å². The molecular weight excluding hydrogens is 330 g/mol. The van der Waals surface area contributed by atoms with Crippen molar-refractivity contribution in [1.29, 1.82) is 0 Å². The van der Waals surface area contributed by atoms with Gasteiger partial charge in [-0.15, -0.1) is 23.2 Å². The minimum Gasteiger partial charge on any atom is -0.207 e. The standard InChI is InChI=1S/C17H16Cl3F/c1-12-2-4-14(5-3-12)17(10-18,11-19)9-13-8-15(20)6-7-16(13)21/h2-8H,9-11H2,1H3. The van der Waals surface area contributed by atoms with Crippen molar-refractivity contribution in [3.8, 4) is 0 Å². The monoisotopic (exact) mass is 344 g/mol. The Balaban J connectivity index is 2.42. The summed E-state index contributed by atoms with van der Waals surface area (Å²) in [5.41, 5.74) is 2.19. The van der Waals surface area contributed by atoms with E-state index in [1.165, 1.54) is 12.1 Å². The summed E-state index contributed by atoms with van der Waals surface area (Å²) < 4.78 is 14.0. The first kappa shape index (κ1) is 16.6. The fraction of sp³-hybridized carbons (Fsp3) is 0.294. The van der Waals surface area contributed by atoms with Crippen LogP contribution in [0.25, 0.3) is 0 Å². The van der Waals surface area contributed by atoms with Crippen LogP contribution in [0.5, 0.6) is 0 Å². The Kier molecular flexibility index (Phi) is 5.54. The van der Waals surface area contributed by atoms with Crippen LogP contribution in [0, 0.1) is 12.7 Å². The SMILES string of the molecule is Cc1ccc(C(CCl)(CCl)Cc2cc(Cl)ccc2F)cc1. The van der Waals surface area contributed by atoms with E-state index in [1.807, 2.05) is 31.2 Å². The quantitative estimate of drug-likeness (QED) is 0.606. The van der Waals surface area contributed by atoms with Crippen LogP contribution in [0.15, 0.2) is 42.5 Å². The van der Waals surface area contributed by atoms with E-state index in [2.05, 4.69) is 0 Å². The number of rotatable bonds is 5. The zero-order valence-corrected chi connectivity index (χ0v) is 13.9. The molecule has 0 aromatic heterocycles. The van der Waals surface area contributed by atoms with Crippen molar-refractivity contribution in [3.63, 3.8) is 0 Å². The largest absolute Gasteiger partial charge is 0.207 e. The van der Waals surface area contributed by atoms with Gasteiger partial charge in [-0.3, -0.25) is 0 Å². The molecule has 0 heterocycles. The Morgan fingerprint density at radius 3 is 2.19 bits per heavy atom. The Hall–Kier alpha value is -0.760. The summed E-state index contributed by atoms with van der Waals surface area (Å²) in [5.74, 6) is 0.336. The van der Waals surface area contributed by atoms with Gasteiger partial charge >= 0.3 is 0 Å². The van der Waals surface area contributed by atoms with Gasteiger partial charge in [0.2, 0.25) is 0 Å². The lowest BCUT2D eigenvalue weighted by atomic mass is 9.78. The molecule has 0 nitrogen and oxygen atoms in total. The van der Waals surface area contributed by atoms with Crippen LogP contribution in [0.1, 0.15) is 16.7 Å². The van der Waals surface area contributed by atoms with Gasteiger partial charge in [0.05, 0.1) is 0 Å². The Bertz CT molecular complexity index is 604. The maximum Gasteiger partial charge on any atom is 0.126 e. The van der Waals surface area contributed by atoms with E-state index in [9.17, 15) is 4.39 Å². The second kappa shape index (κ2) is 7.00. The number of benzene rings is 2. The van der Waals surface area contributed by atoms with Crippen LogP contribution in [-0.2, 0) is 11.8 Å². The highest BCUT2D eigenvalue weighted by Crippen LogP contribution is 2.33. The number of halogens is 4. The summed E-state index contributed by atoms with van der Waals surface area (Å²) in [6.45, 7) is 2.02. The Labute approximate surface area is 139 Å². The predicted molar refractivity (Wildman–Crippen MR) is 89.4 cm³/mol. The predicted octanol–water partition coefficient (Wildman–Crippen LogP) is 5.75. The second-order valence-corrected chi connectivity index (χ2v) is 6.30. The molecule has 0 N–H and O–H groups in total. The zero-order valence-electron chi connectivity index (χ0n) is 11.7. The summed E-state index contributed by atoms with van der Waals surface area (Å²) in [7, 11) is 0. The van der Waals surface area contributed by atoms with E-state index in [-0.39, 0.29) is 5.82 Å². The van der Waals surface area contributed by atoms with Crippen molar-refractivity contribution in [2.75, 3.05) is 11.8 Å². The van der Waals surface area contributed by atoms with Crippen molar-refractivity contribution < 1.29 is 4.39 Å². The molecule has 4 heteroatoms. The molecule has 0 bridgehead atoms. The molecule has 0 aliphatic rings. The molecule has 0 aliphatic heterocycles. The van der Waals surface area contributed by atoms with Gasteiger partial charge < -0.3 is 0 Å². The van der Waals surface area contributed by atoms with E-state index in [1.54, 1.807) is 6.07 Å². The first-order chi connectivity index (χ1) is 10.0. The third-order valence-electron chi connectivity index (χ3n) is 3.71. The first-order valence-corrected chi connectivity index (χ1v) is 8.08. The molecule has 0 saturated heterocycles. The lowest BCUT2D eigenvalue weighted by Gasteiger charge is -2.30. The molecule has 112 valence electrons. The van der Waals surface area contributed by atoms with Crippen LogP contribution in [0.4, 0.5) is 4.39 Å². The molecule has 2 aromatic carbocycles. The molecule has 0 atom stereocenters. The molecule has 0 spiro atoms. The molecule has 0 aliphatic carbocycles. The Morgan fingerprint density at radius 2 is 1.62 bits per heavy atom. The first-order valence-electron chi connectivity index (χ1n) is 6.64. The highest BCUT2D eigenvalue weighted by molar-refractivity contribution is 6.30. The third kappa shape index (κ3) is 3.71. The van der Waals surface area contributed by atoms with E-state index in [0.29, 0.717) is 28.8 Å². The number of hydrogen-bond donors (Lipinski definition) is 0. The Morgan fingerprint density at radius 1 is 1.00 bits per heavy atom. The zero-order chi connectivity index (χ0) is 15.5. The van der Waals surface area contributed by atoms with Crippen molar-refractivity contribution in [2.45, 2.75) is 18.8 Å². The highest BCUT2D eigenvalue weighted by Gasteiger charge is 2.32. The fourth-order valence-corrected chi connectivity index (χ4v) is 3.32. The molecule has 0 radical (unpaired) electrons. The van der Waals surface area contributed by atoms with Crippen LogP contribution >= 0.6 is 34.8 Å². The van der Waals surface area contributed by atoms with Gasteiger partial charge in [-0.05, 0) is 42.7 Å². The normalized spacial score (nSPS) is 11.7. The minimum absolute atomic E-state index is 0.286. The summed E-state index contributed by atoms with van der Waals surface area (Å²) in [4.78, 5) is 0. The van der Waals surface area contributed by atoms with Crippen LogP contribution in [0.2, 0.25) is 5.02 Å². The number of hydrogen-bond acceptors (Lipinski definition) is 0. The van der Waals surface area contributed by atoms with Crippen molar-refractivity contribution in [3.05, 3.63) is 70.0 Å². The molecule has 0 unspecified atom stereocenters. The topological polar surface area (TPSA) is 0 Å². The van der Waals surface area contributed by atoms with Gasteiger partial charge in [-0.1, -0.05) is 41.4 Å². The summed E-state index contributed by atoms with van der Waals surface area (Å²) in [6.07, 6.45) is 0.412.